The minimum absolute atomic E-state index is 0.478. The lowest BCUT2D eigenvalue weighted by molar-refractivity contribution is 0.268. The molecule has 1 atom stereocenters. The Bertz CT molecular complexity index is 248. The van der Waals surface area contributed by atoms with Gasteiger partial charge in [0.15, 0.2) is 5.96 Å². The lowest BCUT2D eigenvalue weighted by Crippen LogP contribution is -2.45. The molecule has 1 heterocycles. The standard InChI is InChI=1S/C15H31N3/c1-4-5-6-7-8-9-10-11-14-12-17-15(16)18(14)13(2)3/h13-14H,4-12H2,1-3H3,(H2,16,17). The van der Waals surface area contributed by atoms with Crippen molar-refractivity contribution in [1.82, 2.24) is 4.90 Å². The fourth-order valence-electron chi connectivity index (χ4n) is 2.81. The van der Waals surface area contributed by atoms with E-state index >= 15 is 0 Å². The molecule has 0 saturated carbocycles. The second-order valence-corrected chi connectivity index (χ2v) is 5.76. The zero-order chi connectivity index (χ0) is 13.4. The average molecular weight is 253 g/mol. The van der Waals surface area contributed by atoms with Gasteiger partial charge in [-0.2, -0.15) is 0 Å². The molecule has 3 heteroatoms. The highest BCUT2D eigenvalue weighted by Gasteiger charge is 2.27. The second kappa shape index (κ2) is 8.39. The van der Waals surface area contributed by atoms with E-state index in [0.717, 1.165) is 12.5 Å². The van der Waals surface area contributed by atoms with Gasteiger partial charge in [0.2, 0.25) is 0 Å². The maximum Gasteiger partial charge on any atom is 0.191 e. The van der Waals surface area contributed by atoms with Crippen molar-refractivity contribution in [3.63, 3.8) is 0 Å². The molecule has 0 aromatic rings. The summed E-state index contributed by atoms with van der Waals surface area (Å²) in [4.78, 5) is 6.67. The van der Waals surface area contributed by atoms with Gasteiger partial charge in [0, 0.05) is 6.04 Å². The van der Waals surface area contributed by atoms with E-state index in [1.54, 1.807) is 0 Å². The minimum atomic E-state index is 0.478. The number of hydrogen-bond donors (Lipinski definition) is 1. The third-order valence-electron chi connectivity index (χ3n) is 3.82. The summed E-state index contributed by atoms with van der Waals surface area (Å²) < 4.78 is 0. The monoisotopic (exact) mass is 253 g/mol. The lowest BCUT2D eigenvalue weighted by Gasteiger charge is -2.30. The fourth-order valence-corrected chi connectivity index (χ4v) is 2.81. The van der Waals surface area contributed by atoms with Crippen LogP contribution in [0, 0.1) is 0 Å². The number of nitrogens with zero attached hydrogens (tertiary/aromatic N) is 2. The van der Waals surface area contributed by atoms with E-state index < -0.39 is 0 Å². The van der Waals surface area contributed by atoms with Crippen molar-refractivity contribution in [1.29, 1.82) is 0 Å². The summed E-state index contributed by atoms with van der Waals surface area (Å²) >= 11 is 0. The van der Waals surface area contributed by atoms with Gasteiger partial charge in [-0.3, -0.25) is 4.99 Å². The molecule has 0 aliphatic carbocycles. The van der Waals surface area contributed by atoms with Crippen molar-refractivity contribution < 1.29 is 0 Å². The highest BCUT2D eigenvalue weighted by atomic mass is 15.3. The first-order valence-electron chi connectivity index (χ1n) is 7.75. The van der Waals surface area contributed by atoms with Crippen LogP contribution in [0.4, 0.5) is 0 Å². The van der Waals surface area contributed by atoms with Crippen molar-refractivity contribution in [2.45, 2.75) is 84.2 Å². The molecular weight excluding hydrogens is 222 g/mol. The highest BCUT2D eigenvalue weighted by molar-refractivity contribution is 5.80. The maximum absolute atomic E-state index is 5.93. The molecule has 0 amide bonds. The van der Waals surface area contributed by atoms with Gasteiger partial charge in [-0.25, -0.2) is 0 Å². The number of hydrogen-bond acceptors (Lipinski definition) is 3. The van der Waals surface area contributed by atoms with Crippen LogP contribution in [0.3, 0.4) is 0 Å². The molecule has 1 aliphatic heterocycles. The summed E-state index contributed by atoms with van der Waals surface area (Å²) in [5.41, 5.74) is 5.93. The molecule has 0 radical (unpaired) electrons. The topological polar surface area (TPSA) is 41.6 Å². The number of unbranched alkanes of at least 4 members (excludes halogenated alkanes) is 6. The molecule has 0 saturated heterocycles. The Morgan fingerprint density at radius 1 is 1.17 bits per heavy atom. The van der Waals surface area contributed by atoms with Crippen molar-refractivity contribution in [2.75, 3.05) is 6.54 Å². The molecule has 3 nitrogen and oxygen atoms in total. The van der Waals surface area contributed by atoms with E-state index in [0.29, 0.717) is 12.1 Å². The van der Waals surface area contributed by atoms with E-state index in [2.05, 4.69) is 30.7 Å². The van der Waals surface area contributed by atoms with E-state index in [4.69, 9.17) is 5.73 Å². The SMILES string of the molecule is CCCCCCCCCC1CN=C(N)N1C(C)C. The van der Waals surface area contributed by atoms with Gasteiger partial charge in [0.05, 0.1) is 12.6 Å². The van der Waals surface area contributed by atoms with E-state index in [1.165, 1.54) is 51.4 Å². The lowest BCUT2D eigenvalue weighted by atomic mass is 10.0. The summed E-state index contributed by atoms with van der Waals surface area (Å²) in [6.07, 6.45) is 10.9. The molecule has 1 rings (SSSR count). The van der Waals surface area contributed by atoms with Crippen LogP contribution in [0.15, 0.2) is 4.99 Å². The quantitative estimate of drug-likeness (QED) is 0.639. The smallest absolute Gasteiger partial charge is 0.191 e. The first-order valence-corrected chi connectivity index (χ1v) is 7.75. The molecule has 0 bridgehead atoms. The minimum Gasteiger partial charge on any atom is -0.370 e. The van der Waals surface area contributed by atoms with Crippen molar-refractivity contribution in [3.05, 3.63) is 0 Å². The van der Waals surface area contributed by atoms with Gasteiger partial charge in [0.25, 0.3) is 0 Å². The molecule has 18 heavy (non-hydrogen) atoms. The van der Waals surface area contributed by atoms with Crippen LogP contribution in [0.1, 0.15) is 72.1 Å². The Labute approximate surface area is 113 Å². The number of nitrogens with two attached hydrogens (primary N) is 1. The Balaban J connectivity index is 2.09. The normalized spacial score (nSPS) is 19.7. The predicted molar refractivity (Wildman–Crippen MR) is 79.9 cm³/mol. The van der Waals surface area contributed by atoms with Crippen LogP contribution in [0.2, 0.25) is 0 Å². The fraction of sp³-hybridized carbons (Fsp3) is 0.933. The van der Waals surface area contributed by atoms with Crippen molar-refractivity contribution >= 4 is 5.96 Å². The van der Waals surface area contributed by atoms with Crippen LogP contribution < -0.4 is 5.73 Å². The summed E-state index contributed by atoms with van der Waals surface area (Å²) in [6, 6.07) is 1.03. The van der Waals surface area contributed by atoms with Gasteiger partial charge in [-0.05, 0) is 20.3 Å². The van der Waals surface area contributed by atoms with Gasteiger partial charge >= 0.3 is 0 Å². The van der Waals surface area contributed by atoms with Gasteiger partial charge in [-0.15, -0.1) is 0 Å². The maximum atomic E-state index is 5.93. The zero-order valence-corrected chi connectivity index (χ0v) is 12.5. The van der Waals surface area contributed by atoms with E-state index in [9.17, 15) is 0 Å². The van der Waals surface area contributed by atoms with E-state index in [1.807, 2.05) is 0 Å². The second-order valence-electron chi connectivity index (χ2n) is 5.76. The Morgan fingerprint density at radius 3 is 2.39 bits per heavy atom. The summed E-state index contributed by atoms with van der Waals surface area (Å²) in [7, 11) is 0. The number of aliphatic imine (C=N–C) groups is 1. The Kier molecular flexibility index (Phi) is 7.14. The van der Waals surface area contributed by atoms with Crippen molar-refractivity contribution in [3.8, 4) is 0 Å². The van der Waals surface area contributed by atoms with Crippen LogP contribution >= 0.6 is 0 Å². The number of guanidine groups is 1. The van der Waals surface area contributed by atoms with Gasteiger partial charge < -0.3 is 10.6 Å². The molecule has 1 unspecified atom stereocenters. The van der Waals surface area contributed by atoms with Gasteiger partial charge in [0.1, 0.15) is 0 Å². The van der Waals surface area contributed by atoms with E-state index in [-0.39, 0.29) is 0 Å². The Morgan fingerprint density at radius 2 is 1.78 bits per heavy atom. The van der Waals surface area contributed by atoms with Crippen molar-refractivity contribution in [2.24, 2.45) is 10.7 Å². The third-order valence-corrected chi connectivity index (χ3v) is 3.82. The average Bonchev–Trinajstić information content (AvgIpc) is 2.69. The molecule has 106 valence electrons. The molecule has 0 fully saturated rings. The molecule has 0 spiro atoms. The molecule has 1 aliphatic rings. The highest BCUT2D eigenvalue weighted by Crippen LogP contribution is 2.18. The first kappa shape index (κ1) is 15.3. The van der Waals surface area contributed by atoms with Crippen LogP contribution in [0.5, 0.6) is 0 Å². The summed E-state index contributed by atoms with van der Waals surface area (Å²) in [5, 5.41) is 0. The van der Waals surface area contributed by atoms with Gasteiger partial charge in [-0.1, -0.05) is 51.9 Å². The number of rotatable bonds is 9. The molecule has 0 aromatic heterocycles. The van der Waals surface area contributed by atoms with Crippen LogP contribution in [0.25, 0.3) is 0 Å². The third kappa shape index (κ3) is 4.87. The zero-order valence-electron chi connectivity index (χ0n) is 12.5. The summed E-state index contributed by atoms with van der Waals surface area (Å²) in [5.74, 6) is 0.748. The van der Waals surface area contributed by atoms with Crippen LogP contribution in [-0.4, -0.2) is 29.5 Å². The molecular formula is C15H31N3. The molecule has 0 aromatic carbocycles. The predicted octanol–water partition coefficient (Wildman–Crippen LogP) is 3.53. The first-order chi connectivity index (χ1) is 8.66. The Hall–Kier alpha value is -0.730. The molecule has 2 N–H and O–H groups in total. The van der Waals surface area contributed by atoms with Crippen LogP contribution in [-0.2, 0) is 0 Å². The summed E-state index contributed by atoms with van der Waals surface area (Å²) in [6.45, 7) is 7.57. The largest absolute Gasteiger partial charge is 0.370 e.